The molecule has 7 nitrogen and oxygen atoms in total. The number of ether oxygens (including phenoxy) is 1. The number of aromatic nitrogens is 6. The molecule has 0 unspecified atom stereocenters. The van der Waals surface area contributed by atoms with Gasteiger partial charge in [0.15, 0.2) is 0 Å². The molecule has 6 aromatic heterocycles. The van der Waals surface area contributed by atoms with E-state index in [1.165, 1.54) is 0 Å². The van der Waals surface area contributed by atoms with Crippen LogP contribution in [0.1, 0.15) is 0 Å². The molecule has 0 aliphatic heterocycles. The van der Waals surface area contributed by atoms with Crippen LogP contribution in [0.15, 0.2) is 134 Å². The van der Waals surface area contributed by atoms with Crippen LogP contribution in [-0.4, -0.2) is 28.7 Å². The fraction of sp³-hybridized carbons (Fsp3) is 0. The van der Waals surface area contributed by atoms with Crippen LogP contribution in [0.3, 0.4) is 0 Å². The van der Waals surface area contributed by atoms with Crippen molar-refractivity contribution in [2.75, 3.05) is 0 Å². The summed E-state index contributed by atoms with van der Waals surface area (Å²) in [5.41, 5.74) is 9.28. The Kier molecular flexibility index (Phi) is 6.56. The molecule has 0 bridgehead atoms. The Morgan fingerprint density at radius 3 is 1.83 bits per heavy atom. The number of pyridine rings is 4. The third-order valence-corrected chi connectivity index (χ3v) is 8.70. The molecule has 10 rings (SSSR count). The Labute approximate surface area is 288 Å². The van der Waals surface area contributed by atoms with E-state index >= 15 is 0 Å². The maximum Gasteiger partial charge on any atom is 2.00 e. The van der Waals surface area contributed by atoms with E-state index in [1.807, 2.05) is 83.5 Å². The summed E-state index contributed by atoms with van der Waals surface area (Å²) >= 11 is 0. The van der Waals surface area contributed by atoms with E-state index in [2.05, 4.69) is 69.0 Å². The monoisotopic (exact) mass is 797 g/mol. The van der Waals surface area contributed by atoms with Gasteiger partial charge in [0, 0.05) is 41.8 Å². The van der Waals surface area contributed by atoms with Crippen molar-refractivity contribution in [1.82, 2.24) is 28.7 Å². The topological polar surface area (TPSA) is 69.6 Å². The second kappa shape index (κ2) is 11.1. The molecule has 228 valence electrons. The van der Waals surface area contributed by atoms with Crippen molar-refractivity contribution in [2.45, 2.75) is 0 Å². The van der Waals surface area contributed by atoms with Crippen LogP contribution in [0.5, 0.6) is 11.5 Å². The minimum atomic E-state index is 0. The van der Waals surface area contributed by atoms with Crippen molar-refractivity contribution in [1.29, 1.82) is 0 Å². The Bertz CT molecular complexity index is 2830. The molecule has 0 saturated heterocycles. The van der Waals surface area contributed by atoms with E-state index in [0.29, 0.717) is 11.5 Å². The number of hydrogen-bond donors (Lipinski definition) is 0. The van der Waals surface area contributed by atoms with E-state index in [0.717, 1.165) is 77.4 Å². The first-order valence-electron chi connectivity index (χ1n) is 15.3. The molecular formula is C40H22N6OPt. The van der Waals surface area contributed by atoms with Gasteiger partial charge in [-0.1, -0.05) is 106 Å². The van der Waals surface area contributed by atoms with Gasteiger partial charge in [-0.05, 0) is 29.8 Å². The predicted octanol–water partition coefficient (Wildman–Crippen LogP) is 9.11. The minimum Gasteiger partial charge on any atom is -0.497 e. The van der Waals surface area contributed by atoms with E-state index in [4.69, 9.17) is 14.7 Å². The van der Waals surface area contributed by atoms with E-state index in [1.54, 1.807) is 12.4 Å². The zero-order chi connectivity index (χ0) is 30.9. The number of imidazole rings is 2. The zero-order valence-electron chi connectivity index (χ0n) is 25.1. The van der Waals surface area contributed by atoms with Gasteiger partial charge in [0.1, 0.15) is 0 Å². The van der Waals surface area contributed by atoms with Crippen LogP contribution < -0.4 is 4.74 Å². The van der Waals surface area contributed by atoms with Gasteiger partial charge in [-0.3, -0.25) is 19.9 Å². The molecule has 4 aromatic carbocycles. The molecule has 0 saturated carbocycles. The zero-order valence-corrected chi connectivity index (χ0v) is 27.4. The average Bonchev–Trinajstić information content (AvgIpc) is 3.80. The molecule has 0 N–H and O–H groups in total. The number of rotatable bonds is 4. The van der Waals surface area contributed by atoms with E-state index in [9.17, 15) is 0 Å². The summed E-state index contributed by atoms with van der Waals surface area (Å²) in [7, 11) is 0. The van der Waals surface area contributed by atoms with Crippen molar-refractivity contribution in [3.63, 3.8) is 0 Å². The van der Waals surface area contributed by atoms with Crippen LogP contribution in [0, 0.1) is 12.1 Å². The predicted molar refractivity (Wildman–Crippen MR) is 185 cm³/mol. The van der Waals surface area contributed by atoms with Crippen molar-refractivity contribution < 1.29 is 25.8 Å². The first kappa shape index (κ1) is 28.3. The summed E-state index contributed by atoms with van der Waals surface area (Å²) < 4.78 is 10.7. The fourth-order valence-electron chi connectivity index (χ4n) is 6.68. The molecule has 0 aliphatic rings. The smallest absolute Gasteiger partial charge is 0.497 e. The molecule has 0 fully saturated rings. The van der Waals surface area contributed by atoms with Gasteiger partial charge in [-0.2, -0.15) is 0 Å². The average molecular weight is 798 g/mol. The van der Waals surface area contributed by atoms with Gasteiger partial charge in [-0.15, -0.1) is 12.1 Å². The molecule has 0 spiro atoms. The third kappa shape index (κ3) is 4.25. The summed E-state index contributed by atoms with van der Waals surface area (Å²) in [6, 6.07) is 43.7. The first-order chi connectivity index (χ1) is 23.3. The summed E-state index contributed by atoms with van der Waals surface area (Å²) in [6.45, 7) is 0. The van der Waals surface area contributed by atoms with Gasteiger partial charge in [0.25, 0.3) is 0 Å². The number of fused-ring (bicyclic) bond motifs is 12. The van der Waals surface area contributed by atoms with Crippen molar-refractivity contribution in [2.24, 2.45) is 0 Å². The largest absolute Gasteiger partial charge is 2.00 e. The maximum atomic E-state index is 6.47. The quantitative estimate of drug-likeness (QED) is 0.131. The van der Waals surface area contributed by atoms with Gasteiger partial charge in [0.2, 0.25) is 0 Å². The van der Waals surface area contributed by atoms with Crippen LogP contribution in [0.4, 0.5) is 0 Å². The van der Waals surface area contributed by atoms with Crippen molar-refractivity contribution >= 4 is 54.9 Å². The summed E-state index contributed by atoms with van der Waals surface area (Å²) in [6.07, 6.45) is 7.37. The van der Waals surface area contributed by atoms with Gasteiger partial charge in [-0.25, -0.2) is 0 Å². The van der Waals surface area contributed by atoms with Crippen LogP contribution in [0.2, 0.25) is 0 Å². The standard InChI is InChI=1S/C40H22N6O.Pt/c1-3-9-25(10-4-1)35-38(26-11-5-2-6-12-26)46-34-14-8-20-42-37(34)30-18-16-28(24-32(30)40(46)44-35)47-27-15-17-29-31(23-27)39-43-21-22-45(39)33-13-7-19-41-36(29)33;/h1-22H;/q-2;+2. The molecule has 6 heterocycles. The number of nitrogens with zero attached hydrogens (tertiary/aromatic N) is 6. The minimum absolute atomic E-state index is 0. The first-order valence-corrected chi connectivity index (χ1v) is 15.3. The van der Waals surface area contributed by atoms with Crippen LogP contribution in [-0.2, 0) is 21.1 Å². The summed E-state index contributed by atoms with van der Waals surface area (Å²) in [5, 5.41) is 3.57. The van der Waals surface area contributed by atoms with Crippen LogP contribution in [0.25, 0.3) is 77.4 Å². The molecule has 0 atom stereocenters. The number of benzene rings is 4. The Balaban J connectivity index is 0.00000314. The van der Waals surface area contributed by atoms with Gasteiger partial charge in [0.05, 0.1) is 44.7 Å². The second-order valence-electron chi connectivity index (χ2n) is 11.4. The summed E-state index contributed by atoms with van der Waals surface area (Å²) in [5.74, 6) is 1.11. The normalized spacial score (nSPS) is 11.6. The van der Waals surface area contributed by atoms with Crippen LogP contribution >= 0.6 is 0 Å². The third-order valence-electron chi connectivity index (χ3n) is 8.70. The molecule has 0 aliphatic carbocycles. The Morgan fingerprint density at radius 1 is 0.542 bits per heavy atom. The maximum absolute atomic E-state index is 6.47. The van der Waals surface area contributed by atoms with Gasteiger partial charge >= 0.3 is 21.1 Å². The molecule has 0 radical (unpaired) electrons. The van der Waals surface area contributed by atoms with E-state index < -0.39 is 0 Å². The second-order valence-corrected chi connectivity index (χ2v) is 11.4. The Hall–Kier alpha value is -5.91. The molecule has 8 heteroatoms. The van der Waals surface area contributed by atoms with Crippen molar-refractivity contribution in [3.05, 3.63) is 146 Å². The van der Waals surface area contributed by atoms with Crippen molar-refractivity contribution in [3.8, 4) is 34.0 Å². The Morgan fingerprint density at radius 2 is 1.15 bits per heavy atom. The van der Waals surface area contributed by atoms with E-state index in [-0.39, 0.29) is 21.1 Å². The fourth-order valence-corrected chi connectivity index (χ4v) is 6.68. The summed E-state index contributed by atoms with van der Waals surface area (Å²) in [4.78, 5) is 19.4. The molecule has 0 amide bonds. The number of hydrogen-bond acceptors (Lipinski definition) is 5. The molecule has 10 aromatic rings. The van der Waals surface area contributed by atoms with Gasteiger partial charge < -0.3 is 13.5 Å². The molecular weight excluding hydrogens is 776 g/mol. The SMILES string of the molecule is [Pt+2].[c-]1c(Oc2[c-]c3c(cc2)c2ncccc2n2c(-c4ccccc4)c(-c4ccccc4)nc32)ccc2c1c1nccn1c1cccnc21. The molecule has 48 heavy (non-hydrogen) atoms.